The number of rotatable bonds is 9. The van der Waals surface area contributed by atoms with E-state index in [0.717, 1.165) is 17.5 Å². The zero-order valence-corrected chi connectivity index (χ0v) is 19.1. The van der Waals surface area contributed by atoms with Crippen molar-refractivity contribution in [1.82, 2.24) is 10.2 Å². The van der Waals surface area contributed by atoms with Gasteiger partial charge in [0.2, 0.25) is 11.8 Å². The van der Waals surface area contributed by atoms with Crippen molar-refractivity contribution in [3.8, 4) is 0 Å². The van der Waals surface area contributed by atoms with Gasteiger partial charge in [-0.1, -0.05) is 75.4 Å². The zero-order chi connectivity index (χ0) is 22.1. The summed E-state index contributed by atoms with van der Waals surface area (Å²) in [5.74, 6) is -0.0852. The van der Waals surface area contributed by atoms with Gasteiger partial charge < -0.3 is 10.2 Å². The Labute approximate surface area is 181 Å². The second-order valence-corrected chi connectivity index (χ2v) is 8.84. The van der Waals surface area contributed by atoms with Gasteiger partial charge in [-0.2, -0.15) is 0 Å². The smallest absolute Gasteiger partial charge is 0.242 e. The van der Waals surface area contributed by atoms with Crippen molar-refractivity contribution < 1.29 is 9.59 Å². The lowest BCUT2D eigenvalue weighted by atomic mass is 9.86. The first-order valence-electron chi connectivity index (χ1n) is 10.9. The molecule has 162 valence electrons. The molecule has 0 radical (unpaired) electrons. The van der Waals surface area contributed by atoms with Gasteiger partial charge in [-0.05, 0) is 48.8 Å². The summed E-state index contributed by atoms with van der Waals surface area (Å²) in [6, 6.07) is 18.1. The van der Waals surface area contributed by atoms with E-state index in [1.165, 1.54) is 5.56 Å². The second-order valence-electron chi connectivity index (χ2n) is 8.84. The van der Waals surface area contributed by atoms with Crippen LogP contribution in [0.1, 0.15) is 57.7 Å². The predicted molar refractivity (Wildman–Crippen MR) is 123 cm³/mol. The van der Waals surface area contributed by atoms with Crippen LogP contribution in [0.5, 0.6) is 0 Å². The van der Waals surface area contributed by atoms with Crippen LogP contribution in [0.4, 0.5) is 0 Å². The Morgan fingerprint density at radius 2 is 1.53 bits per heavy atom. The Kier molecular flexibility index (Phi) is 8.64. The number of benzene rings is 2. The molecular formula is C26H36N2O2. The van der Waals surface area contributed by atoms with Crippen LogP contribution in [0, 0.1) is 0 Å². The van der Waals surface area contributed by atoms with Crippen LogP contribution in [-0.4, -0.2) is 35.8 Å². The van der Waals surface area contributed by atoms with Gasteiger partial charge in [0.25, 0.3) is 0 Å². The molecule has 0 spiro atoms. The van der Waals surface area contributed by atoms with E-state index in [9.17, 15) is 9.59 Å². The largest absolute Gasteiger partial charge is 0.355 e. The van der Waals surface area contributed by atoms with Crippen molar-refractivity contribution in [2.75, 3.05) is 13.1 Å². The van der Waals surface area contributed by atoms with Crippen LogP contribution < -0.4 is 5.32 Å². The highest BCUT2D eigenvalue weighted by Crippen LogP contribution is 2.22. The van der Waals surface area contributed by atoms with Crippen molar-refractivity contribution in [3.63, 3.8) is 0 Å². The van der Waals surface area contributed by atoms with Crippen LogP contribution in [0.3, 0.4) is 0 Å². The van der Waals surface area contributed by atoms with E-state index in [1.807, 2.05) is 32.0 Å². The number of hydrogen-bond donors (Lipinski definition) is 1. The normalized spacial score (nSPS) is 12.3. The number of hydrogen-bond acceptors (Lipinski definition) is 2. The van der Waals surface area contributed by atoms with Crippen LogP contribution in [0.25, 0.3) is 0 Å². The lowest BCUT2D eigenvalue weighted by Gasteiger charge is -2.29. The van der Waals surface area contributed by atoms with E-state index in [1.54, 1.807) is 4.90 Å². The Morgan fingerprint density at radius 3 is 2.10 bits per heavy atom. The van der Waals surface area contributed by atoms with Crippen LogP contribution in [0.15, 0.2) is 54.6 Å². The first-order valence-corrected chi connectivity index (χ1v) is 10.9. The van der Waals surface area contributed by atoms with Gasteiger partial charge in [-0.25, -0.2) is 0 Å². The number of likely N-dealkylation sites (N-methyl/N-ethyl adjacent to an activating group) is 1. The maximum Gasteiger partial charge on any atom is 0.242 e. The molecule has 2 amide bonds. The average Bonchev–Trinajstić information content (AvgIpc) is 2.72. The van der Waals surface area contributed by atoms with Gasteiger partial charge in [0, 0.05) is 19.5 Å². The van der Waals surface area contributed by atoms with Gasteiger partial charge >= 0.3 is 0 Å². The molecule has 0 heterocycles. The zero-order valence-electron chi connectivity index (χ0n) is 19.1. The third-order valence-corrected chi connectivity index (χ3v) is 5.45. The van der Waals surface area contributed by atoms with Gasteiger partial charge in [-0.15, -0.1) is 0 Å². The fourth-order valence-electron chi connectivity index (χ4n) is 3.46. The van der Waals surface area contributed by atoms with E-state index >= 15 is 0 Å². The quantitative estimate of drug-likeness (QED) is 0.663. The van der Waals surface area contributed by atoms with Crippen molar-refractivity contribution in [3.05, 3.63) is 71.3 Å². The maximum absolute atomic E-state index is 13.1. The molecule has 0 saturated heterocycles. The van der Waals surface area contributed by atoms with Crippen LogP contribution in [-0.2, 0) is 27.8 Å². The lowest BCUT2D eigenvalue weighted by Crippen LogP contribution is -2.48. The minimum absolute atomic E-state index is 0.0181. The van der Waals surface area contributed by atoms with Gasteiger partial charge in [0.1, 0.15) is 6.04 Å². The molecule has 0 bridgehead atoms. The molecule has 0 aliphatic carbocycles. The molecule has 30 heavy (non-hydrogen) atoms. The molecule has 0 unspecified atom stereocenters. The Morgan fingerprint density at radius 1 is 0.933 bits per heavy atom. The minimum Gasteiger partial charge on any atom is -0.355 e. The molecule has 0 aromatic heterocycles. The fraction of sp³-hybridized carbons (Fsp3) is 0.462. The Balaban J connectivity index is 2.04. The van der Waals surface area contributed by atoms with E-state index in [4.69, 9.17) is 0 Å². The number of aryl methyl sites for hydroxylation is 1. The van der Waals surface area contributed by atoms with Gasteiger partial charge in [0.15, 0.2) is 0 Å². The number of nitrogens with one attached hydrogen (secondary N) is 1. The van der Waals surface area contributed by atoms with E-state index in [2.05, 4.69) is 62.5 Å². The standard InChI is InChI=1S/C26H36N2O2/c1-6-27-25(30)20(2)28(19-18-21-10-8-7-9-11-21)24(29)17-14-22-12-15-23(16-13-22)26(3,4)5/h7-13,15-16,20H,6,14,17-19H2,1-5H3,(H,27,30)/t20-/m0/s1. The van der Waals surface area contributed by atoms with Crippen LogP contribution >= 0.6 is 0 Å². The van der Waals surface area contributed by atoms with Crippen LogP contribution in [0.2, 0.25) is 0 Å². The summed E-state index contributed by atoms with van der Waals surface area (Å²) >= 11 is 0. The molecule has 0 aliphatic rings. The maximum atomic E-state index is 13.1. The van der Waals surface area contributed by atoms with Gasteiger partial charge in [-0.3, -0.25) is 9.59 Å². The summed E-state index contributed by atoms with van der Waals surface area (Å²) in [5, 5.41) is 2.84. The summed E-state index contributed by atoms with van der Waals surface area (Å²) in [5.41, 5.74) is 3.71. The fourth-order valence-corrected chi connectivity index (χ4v) is 3.46. The molecule has 4 nitrogen and oxygen atoms in total. The van der Waals surface area contributed by atoms with Gasteiger partial charge in [0.05, 0.1) is 0 Å². The molecule has 2 aromatic carbocycles. The third kappa shape index (κ3) is 7.01. The summed E-state index contributed by atoms with van der Waals surface area (Å²) < 4.78 is 0. The number of carbonyl (C=O) groups is 2. The third-order valence-electron chi connectivity index (χ3n) is 5.45. The summed E-state index contributed by atoms with van der Waals surface area (Å²) in [6.07, 6.45) is 1.80. The summed E-state index contributed by atoms with van der Waals surface area (Å²) in [4.78, 5) is 27.2. The van der Waals surface area contributed by atoms with E-state index < -0.39 is 6.04 Å². The molecule has 0 fully saturated rings. The Hall–Kier alpha value is -2.62. The predicted octanol–water partition coefficient (Wildman–Crippen LogP) is 4.51. The van der Waals surface area contributed by atoms with Crippen molar-refractivity contribution in [1.29, 1.82) is 0 Å². The molecule has 2 aromatic rings. The van der Waals surface area contributed by atoms with E-state index in [-0.39, 0.29) is 17.2 Å². The lowest BCUT2D eigenvalue weighted by molar-refractivity contribution is -0.139. The number of nitrogens with zero attached hydrogens (tertiary/aromatic N) is 1. The highest BCUT2D eigenvalue weighted by Gasteiger charge is 2.25. The summed E-state index contributed by atoms with van der Waals surface area (Å²) in [6.45, 7) is 11.4. The van der Waals surface area contributed by atoms with E-state index in [0.29, 0.717) is 25.9 Å². The average molecular weight is 409 g/mol. The molecular weight excluding hydrogens is 372 g/mol. The molecule has 4 heteroatoms. The monoisotopic (exact) mass is 408 g/mol. The van der Waals surface area contributed by atoms with Crippen molar-refractivity contribution in [2.24, 2.45) is 0 Å². The van der Waals surface area contributed by atoms with Crippen molar-refractivity contribution >= 4 is 11.8 Å². The highest BCUT2D eigenvalue weighted by atomic mass is 16.2. The summed E-state index contributed by atoms with van der Waals surface area (Å²) in [7, 11) is 0. The first-order chi connectivity index (χ1) is 14.2. The van der Waals surface area contributed by atoms with Crippen molar-refractivity contribution in [2.45, 2.75) is 65.3 Å². The first kappa shape index (κ1) is 23.7. The topological polar surface area (TPSA) is 49.4 Å². The number of amides is 2. The minimum atomic E-state index is -0.482. The molecule has 0 aliphatic heterocycles. The molecule has 2 rings (SSSR count). The molecule has 1 N–H and O–H groups in total. The SMILES string of the molecule is CCNC(=O)[C@H](C)N(CCc1ccccc1)C(=O)CCc1ccc(C(C)(C)C)cc1. The molecule has 0 saturated carbocycles. The second kappa shape index (κ2) is 11.0. The Bertz CT molecular complexity index is 807. The molecule has 1 atom stereocenters. The number of carbonyl (C=O) groups excluding carboxylic acids is 2. The highest BCUT2D eigenvalue weighted by molar-refractivity contribution is 5.87.